The van der Waals surface area contributed by atoms with Crippen molar-refractivity contribution in [2.24, 2.45) is 4.99 Å². The molecule has 2 aliphatic rings. The lowest BCUT2D eigenvalue weighted by molar-refractivity contribution is 0.0665. The van der Waals surface area contributed by atoms with Gasteiger partial charge < -0.3 is 19.3 Å². The third-order valence-corrected chi connectivity index (χ3v) is 6.95. The molecule has 0 bridgehead atoms. The van der Waals surface area contributed by atoms with E-state index in [4.69, 9.17) is 43.9 Å². The van der Waals surface area contributed by atoms with Gasteiger partial charge in [-0.15, -0.1) is 0 Å². The van der Waals surface area contributed by atoms with E-state index in [0.717, 1.165) is 30.4 Å². The lowest BCUT2D eigenvalue weighted by Crippen LogP contribution is -2.45. The van der Waals surface area contributed by atoms with Gasteiger partial charge in [-0.3, -0.25) is 4.57 Å². The van der Waals surface area contributed by atoms with Crippen LogP contribution in [0.5, 0.6) is 0 Å². The van der Waals surface area contributed by atoms with Crippen LogP contribution in [0, 0.1) is 23.4 Å². The molecular formula is C26H30N6O2S2. The van der Waals surface area contributed by atoms with Crippen molar-refractivity contribution >= 4 is 42.0 Å². The van der Waals surface area contributed by atoms with Gasteiger partial charge in [-0.2, -0.15) is 4.98 Å². The zero-order valence-electron chi connectivity index (χ0n) is 20.6. The van der Waals surface area contributed by atoms with Gasteiger partial charge in [0.15, 0.2) is 4.77 Å². The maximum Gasteiger partial charge on any atom is 0.215 e. The molecule has 0 N–H and O–H groups in total. The molecular weight excluding hydrogens is 492 g/mol. The van der Waals surface area contributed by atoms with Crippen LogP contribution in [0.15, 0.2) is 53.5 Å². The number of rotatable bonds is 3. The summed E-state index contributed by atoms with van der Waals surface area (Å²) in [5, 5.41) is 0. The lowest BCUT2D eigenvalue weighted by Gasteiger charge is -2.33. The highest BCUT2D eigenvalue weighted by atomic mass is 32.1. The molecule has 0 amide bonds. The normalized spacial score (nSPS) is 16.9. The van der Waals surface area contributed by atoms with Gasteiger partial charge in [0, 0.05) is 26.2 Å². The fourth-order valence-corrected chi connectivity index (χ4v) is 4.94. The average Bonchev–Trinajstić information content (AvgIpc) is 2.91. The Balaban J connectivity index is 1.73. The molecule has 1 aromatic heterocycles. The van der Waals surface area contributed by atoms with Crippen LogP contribution in [-0.4, -0.2) is 77.6 Å². The molecule has 5 rings (SSSR count). The van der Waals surface area contributed by atoms with Gasteiger partial charge in [-0.1, -0.05) is 35.4 Å². The first kappa shape index (κ1) is 24.8. The molecule has 2 aliphatic heterocycles. The summed E-state index contributed by atoms with van der Waals surface area (Å²) in [7, 11) is 0. The largest absolute Gasteiger partial charge is 0.378 e. The standard InChI is InChI=1S/C26H30N6O2S2/c1-19-3-7-21(8-4-19)27-23(29-11-15-33-16-12-29)32-25(35)28-24(30-13-17-34-18-14-30)31(26(32)36)22-9-5-20(2)6-10-22/h3-10H,11-18H2,1-2H3. The number of hydrogen-bond acceptors (Lipinski definition) is 7. The smallest absolute Gasteiger partial charge is 0.215 e. The minimum Gasteiger partial charge on any atom is -0.378 e. The molecule has 2 fully saturated rings. The topological polar surface area (TPSA) is 60.1 Å². The fourth-order valence-electron chi connectivity index (χ4n) is 4.28. The number of hydrogen-bond donors (Lipinski definition) is 0. The first-order chi connectivity index (χ1) is 17.5. The maximum absolute atomic E-state index is 6.16. The summed E-state index contributed by atoms with van der Waals surface area (Å²) in [6.07, 6.45) is 0. The van der Waals surface area contributed by atoms with E-state index in [1.165, 1.54) is 11.1 Å². The molecule has 10 heteroatoms. The highest BCUT2D eigenvalue weighted by molar-refractivity contribution is 7.72. The van der Waals surface area contributed by atoms with Crippen LogP contribution < -0.4 is 4.90 Å². The van der Waals surface area contributed by atoms with Crippen molar-refractivity contribution in [2.45, 2.75) is 13.8 Å². The van der Waals surface area contributed by atoms with Crippen LogP contribution in [0.3, 0.4) is 0 Å². The number of aromatic nitrogens is 3. The summed E-state index contributed by atoms with van der Waals surface area (Å²) in [6, 6.07) is 16.4. The van der Waals surface area contributed by atoms with E-state index in [2.05, 4.69) is 60.0 Å². The lowest BCUT2D eigenvalue weighted by atomic mass is 10.2. The molecule has 36 heavy (non-hydrogen) atoms. The Morgan fingerprint density at radius 2 is 1.36 bits per heavy atom. The van der Waals surface area contributed by atoms with Crippen molar-refractivity contribution in [2.75, 3.05) is 57.5 Å². The zero-order chi connectivity index (χ0) is 25.1. The van der Waals surface area contributed by atoms with Crippen molar-refractivity contribution in [3.8, 4) is 5.69 Å². The van der Waals surface area contributed by atoms with Crippen LogP contribution in [-0.2, 0) is 9.47 Å². The number of ether oxygens (including phenoxy) is 2. The number of anilines is 1. The fraction of sp³-hybridized carbons (Fsp3) is 0.385. The summed E-state index contributed by atoms with van der Waals surface area (Å²) in [5.74, 6) is 1.39. The molecule has 188 valence electrons. The van der Waals surface area contributed by atoms with E-state index < -0.39 is 0 Å². The second-order valence-electron chi connectivity index (χ2n) is 8.93. The summed E-state index contributed by atoms with van der Waals surface area (Å²) in [5.41, 5.74) is 4.11. The molecule has 3 aromatic rings. The molecule has 0 atom stereocenters. The molecule has 2 saturated heterocycles. The summed E-state index contributed by atoms with van der Waals surface area (Å²) < 4.78 is 15.9. The quantitative estimate of drug-likeness (QED) is 0.286. The van der Waals surface area contributed by atoms with Crippen molar-refractivity contribution in [3.05, 3.63) is 69.2 Å². The summed E-state index contributed by atoms with van der Waals surface area (Å²) in [4.78, 5) is 14.3. The Kier molecular flexibility index (Phi) is 7.56. The Morgan fingerprint density at radius 3 is 1.97 bits per heavy atom. The first-order valence-corrected chi connectivity index (χ1v) is 13.0. The SMILES string of the molecule is Cc1ccc(N=C(N2CCOCC2)n2c(=S)nc(N3CCOCC3)n(-c3ccc(C)cc3)c2=S)cc1. The predicted octanol–water partition coefficient (Wildman–Crippen LogP) is 4.45. The van der Waals surface area contributed by atoms with Crippen LogP contribution in [0.4, 0.5) is 11.6 Å². The number of morpholine rings is 2. The molecule has 8 nitrogen and oxygen atoms in total. The van der Waals surface area contributed by atoms with E-state index in [1.807, 2.05) is 21.3 Å². The van der Waals surface area contributed by atoms with Crippen molar-refractivity contribution in [3.63, 3.8) is 0 Å². The van der Waals surface area contributed by atoms with E-state index >= 15 is 0 Å². The van der Waals surface area contributed by atoms with E-state index in [-0.39, 0.29) is 0 Å². The number of benzene rings is 2. The monoisotopic (exact) mass is 522 g/mol. The highest BCUT2D eigenvalue weighted by Crippen LogP contribution is 2.23. The molecule has 0 unspecified atom stereocenters. The summed E-state index contributed by atoms with van der Waals surface area (Å²) in [6.45, 7) is 9.47. The Bertz CT molecular complexity index is 1350. The van der Waals surface area contributed by atoms with Gasteiger partial charge in [0.05, 0.1) is 37.8 Å². The second kappa shape index (κ2) is 11.0. The second-order valence-corrected chi connectivity index (χ2v) is 9.66. The molecule has 0 spiro atoms. The first-order valence-electron chi connectivity index (χ1n) is 12.2. The third kappa shape index (κ3) is 5.27. The molecule has 0 saturated carbocycles. The van der Waals surface area contributed by atoms with E-state index in [1.54, 1.807) is 0 Å². The minimum absolute atomic E-state index is 0.377. The summed E-state index contributed by atoms with van der Waals surface area (Å²) >= 11 is 12.0. The van der Waals surface area contributed by atoms with Gasteiger partial charge in [-0.25, -0.2) is 9.56 Å². The van der Waals surface area contributed by atoms with Crippen LogP contribution in [0.25, 0.3) is 5.69 Å². The molecule has 3 heterocycles. The molecule has 0 aliphatic carbocycles. The average molecular weight is 523 g/mol. The Morgan fingerprint density at radius 1 is 0.806 bits per heavy atom. The highest BCUT2D eigenvalue weighted by Gasteiger charge is 2.24. The third-order valence-electron chi connectivity index (χ3n) is 6.31. The van der Waals surface area contributed by atoms with Gasteiger partial charge in [0.2, 0.25) is 16.7 Å². The predicted molar refractivity (Wildman–Crippen MR) is 147 cm³/mol. The van der Waals surface area contributed by atoms with Crippen LogP contribution in [0.1, 0.15) is 11.1 Å². The minimum atomic E-state index is 0.377. The zero-order valence-corrected chi connectivity index (χ0v) is 22.2. The van der Waals surface area contributed by atoms with Crippen LogP contribution >= 0.6 is 24.4 Å². The van der Waals surface area contributed by atoms with Crippen molar-refractivity contribution < 1.29 is 9.47 Å². The van der Waals surface area contributed by atoms with Gasteiger partial charge in [0.25, 0.3) is 0 Å². The maximum atomic E-state index is 6.16. The van der Waals surface area contributed by atoms with Gasteiger partial charge >= 0.3 is 0 Å². The van der Waals surface area contributed by atoms with Crippen LogP contribution in [0.2, 0.25) is 0 Å². The van der Waals surface area contributed by atoms with Gasteiger partial charge in [0.1, 0.15) is 0 Å². The van der Waals surface area contributed by atoms with Crippen molar-refractivity contribution in [1.29, 1.82) is 0 Å². The van der Waals surface area contributed by atoms with E-state index in [9.17, 15) is 0 Å². The van der Waals surface area contributed by atoms with Gasteiger partial charge in [-0.05, 0) is 62.5 Å². The molecule has 0 radical (unpaired) electrons. The van der Waals surface area contributed by atoms with E-state index in [0.29, 0.717) is 55.0 Å². The number of aliphatic imine (C=N–C) groups is 1. The Labute approximate surface area is 221 Å². The Hall–Kier alpha value is -2.92. The molecule has 2 aromatic carbocycles. The van der Waals surface area contributed by atoms with Crippen molar-refractivity contribution in [1.82, 2.24) is 19.0 Å². The number of aryl methyl sites for hydroxylation is 2. The number of nitrogens with zero attached hydrogens (tertiary/aromatic N) is 6.